The number of nitriles is 1. The number of hydrogen-bond acceptors (Lipinski definition) is 3. The molecule has 0 saturated carbocycles. The second kappa shape index (κ2) is 6.28. The normalized spacial score (nSPS) is 17.2. The number of hydrogen-bond donors (Lipinski definition) is 1. The van der Waals surface area contributed by atoms with Crippen molar-refractivity contribution in [1.82, 2.24) is 5.32 Å². The first-order chi connectivity index (χ1) is 9.58. The standard InChI is InChI=1S/C17H25N3/c1-4-9-19-13-14-6-7-16(15(11-14)12-18)20-10-5-8-17(20,2)3/h6-7,11,19H,4-5,8-10,13H2,1-3H3. The van der Waals surface area contributed by atoms with E-state index in [1.165, 1.54) is 18.4 Å². The van der Waals surface area contributed by atoms with Gasteiger partial charge in [-0.15, -0.1) is 0 Å². The zero-order chi connectivity index (χ0) is 14.6. The van der Waals surface area contributed by atoms with E-state index in [0.29, 0.717) is 0 Å². The summed E-state index contributed by atoms with van der Waals surface area (Å²) in [6, 6.07) is 8.67. The van der Waals surface area contributed by atoms with Gasteiger partial charge in [0.1, 0.15) is 6.07 Å². The molecule has 3 nitrogen and oxygen atoms in total. The van der Waals surface area contributed by atoms with Gasteiger partial charge in [-0.3, -0.25) is 0 Å². The van der Waals surface area contributed by atoms with Gasteiger partial charge in [-0.05, 0) is 57.4 Å². The summed E-state index contributed by atoms with van der Waals surface area (Å²) in [5.74, 6) is 0. The Balaban J connectivity index is 2.20. The van der Waals surface area contributed by atoms with E-state index in [9.17, 15) is 5.26 Å². The molecule has 0 spiro atoms. The molecule has 1 aromatic rings. The molecule has 1 heterocycles. The van der Waals surface area contributed by atoms with Crippen molar-refractivity contribution in [3.8, 4) is 6.07 Å². The van der Waals surface area contributed by atoms with E-state index in [1.54, 1.807) is 0 Å². The molecular weight excluding hydrogens is 246 g/mol. The highest BCUT2D eigenvalue weighted by atomic mass is 15.2. The first-order valence-corrected chi connectivity index (χ1v) is 7.60. The third-order valence-electron chi connectivity index (χ3n) is 4.13. The van der Waals surface area contributed by atoms with Crippen LogP contribution in [0.15, 0.2) is 18.2 Å². The van der Waals surface area contributed by atoms with Gasteiger partial charge >= 0.3 is 0 Å². The van der Waals surface area contributed by atoms with Crippen LogP contribution in [-0.4, -0.2) is 18.6 Å². The molecule has 0 unspecified atom stereocenters. The maximum atomic E-state index is 9.45. The smallest absolute Gasteiger partial charge is 0.101 e. The molecule has 1 saturated heterocycles. The zero-order valence-electron chi connectivity index (χ0n) is 12.9. The van der Waals surface area contributed by atoms with Crippen molar-refractivity contribution in [2.75, 3.05) is 18.0 Å². The highest BCUT2D eigenvalue weighted by molar-refractivity contribution is 5.62. The van der Waals surface area contributed by atoms with Crippen molar-refractivity contribution < 1.29 is 0 Å². The van der Waals surface area contributed by atoms with Crippen LogP contribution in [0.1, 0.15) is 51.2 Å². The fourth-order valence-corrected chi connectivity index (χ4v) is 2.98. The van der Waals surface area contributed by atoms with Gasteiger partial charge < -0.3 is 10.2 Å². The van der Waals surface area contributed by atoms with E-state index in [-0.39, 0.29) is 5.54 Å². The van der Waals surface area contributed by atoms with Crippen LogP contribution in [0, 0.1) is 11.3 Å². The number of rotatable bonds is 5. The van der Waals surface area contributed by atoms with E-state index in [1.807, 2.05) is 6.07 Å². The van der Waals surface area contributed by atoms with Gasteiger partial charge in [-0.2, -0.15) is 5.26 Å². The Kier molecular flexibility index (Phi) is 4.67. The third kappa shape index (κ3) is 3.13. The Hall–Kier alpha value is -1.53. The SMILES string of the molecule is CCCNCc1ccc(N2CCCC2(C)C)c(C#N)c1. The summed E-state index contributed by atoms with van der Waals surface area (Å²) in [7, 11) is 0. The fourth-order valence-electron chi connectivity index (χ4n) is 2.98. The van der Waals surface area contributed by atoms with Gasteiger partial charge in [0.15, 0.2) is 0 Å². The lowest BCUT2D eigenvalue weighted by Gasteiger charge is -2.34. The van der Waals surface area contributed by atoms with Crippen LogP contribution in [0.4, 0.5) is 5.69 Å². The van der Waals surface area contributed by atoms with Crippen molar-refractivity contribution in [3.63, 3.8) is 0 Å². The maximum Gasteiger partial charge on any atom is 0.101 e. The largest absolute Gasteiger partial charge is 0.365 e. The average molecular weight is 271 g/mol. The van der Waals surface area contributed by atoms with Gasteiger partial charge in [-0.1, -0.05) is 13.0 Å². The molecule has 108 valence electrons. The molecule has 0 aliphatic carbocycles. The molecule has 1 fully saturated rings. The molecule has 0 radical (unpaired) electrons. The quantitative estimate of drug-likeness (QED) is 0.834. The van der Waals surface area contributed by atoms with E-state index >= 15 is 0 Å². The Morgan fingerprint density at radius 3 is 2.80 bits per heavy atom. The van der Waals surface area contributed by atoms with E-state index < -0.39 is 0 Å². The van der Waals surface area contributed by atoms with Crippen molar-refractivity contribution in [2.24, 2.45) is 0 Å². The summed E-state index contributed by atoms with van der Waals surface area (Å²) in [5, 5.41) is 12.8. The number of nitrogens with zero attached hydrogens (tertiary/aromatic N) is 2. The predicted octanol–water partition coefficient (Wildman–Crippen LogP) is 3.44. The Morgan fingerprint density at radius 2 is 2.20 bits per heavy atom. The summed E-state index contributed by atoms with van der Waals surface area (Å²) in [4.78, 5) is 2.38. The van der Waals surface area contributed by atoms with Crippen LogP contribution in [0.25, 0.3) is 0 Å². The van der Waals surface area contributed by atoms with Crippen LogP contribution in [0.3, 0.4) is 0 Å². The van der Waals surface area contributed by atoms with Crippen LogP contribution in [0.5, 0.6) is 0 Å². The minimum Gasteiger partial charge on any atom is -0.365 e. The molecule has 2 rings (SSSR count). The molecule has 20 heavy (non-hydrogen) atoms. The Morgan fingerprint density at radius 1 is 1.40 bits per heavy atom. The van der Waals surface area contributed by atoms with Crippen LogP contribution >= 0.6 is 0 Å². The topological polar surface area (TPSA) is 39.1 Å². The van der Waals surface area contributed by atoms with Crippen molar-refractivity contribution in [2.45, 2.75) is 52.1 Å². The van der Waals surface area contributed by atoms with Crippen molar-refractivity contribution in [3.05, 3.63) is 29.3 Å². The highest BCUT2D eigenvalue weighted by Gasteiger charge is 2.33. The molecule has 1 aliphatic rings. The van der Waals surface area contributed by atoms with Gasteiger partial charge in [0.2, 0.25) is 0 Å². The molecule has 3 heteroatoms. The molecule has 1 aliphatic heterocycles. The number of anilines is 1. The summed E-state index contributed by atoms with van der Waals surface area (Å²) < 4.78 is 0. The first kappa shape index (κ1) is 14.9. The highest BCUT2D eigenvalue weighted by Crippen LogP contribution is 2.35. The van der Waals surface area contributed by atoms with Gasteiger partial charge in [0.05, 0.1) is 11.3 Å². The minimum atomic E-state index is 0.160. The van der Waals surface area contributed by atoms with Crippen LogP contribution < -0.4 is 10.2 Å². The number of benzene rings is 1. The molecule has 1 aromatic carbocycles. The van der Waals surface area contributed by atoms with E-state index in [2.05, 4.69) is 49.2 Å². The van der Waals surface area contributed by atoms with E-state index in [0.717, 1.165) is 37.3 Å². The van der Waals surface area contributed by atoms with Crippen molar-refractivity contribution in [1.29, 1.82) is 5.26 Å². The summed E-state index contributed by atoms with van der Waals surface area (Å²) in [6.45, 7) is 9.59. The third-order valence-corrected chi connectivity index (χ3v) is 4.13. The Labute approximate surface area is 122 Å². The molecule has 1 N–H and O–H groups in total. The molecule has 0 aromatic heterocycles. The van der Waals surface area contributed by atoms with Crippen LogP contribution in [-0.2, 0) is 6.54 Å². The van der Waals surface area contributed by atoms with Crippen molar-refractivity contribution >= 4 is 5.69 Å². The lowest BCUT2D eigenvalue weighted by molar-refractivity contribution is 0.517. The zero-order valence-corrected chi connectivity index (χ0v) is 12.9. The molecule has 0 amide bonds. The van der Waals surface area contributed by atoms with Crippen LogP contribution in [0.2, 0.25) is 0 Å². The lowest BCUT2D eigenvalue weighted by atomic mass is 10.00. The second-order valence-corrected chi connectivity index (χ2v) is 6.21. The summed E-state index contributed by atoms with van der Waals surface area (Å²) in [5.41, 5.74) is 3.24. The fraction of sp³-hybridized carbons (Fsp3) is 0.588. The lowest BCUT2D eigenvalue weighted by Crippen LogP contribution is -2.38. The second-order valence-electron chi connectivity index (χ2n) is 6.21. The number of nitrogens with one attached hydrogen (secondary N) is 1. The summed E-state index contributed by atoms with van der Waals surface area (Å²) in [6.07, 6.45) is 3.53. The van der Waals surface area contributed by atoms with Gasteiger partial charge in [0, 0.05) is 18.6 Å². The van der Waals surface area contributed by atoms with Gasteiger partial charge in [-0.25, -0.2) is 0 Å². The van der Waals surface area contributed by atoms with E-state index in [4.69, 9.17) is 0 Å². The predicted molar refractivity (Wildman–Crippen MR) is 83.8 cm³/mol. The maximum absolute atomic E-state index is 9.45. The average Bonchev–Trinajstić information content (AvgIpc) is 2.78. The molecule has 0 bridgehead atoms. The monoisotopic (exact) mass is 271 g/mol. The Bertz CT molecular complexity index is 499. The minimum absolute atomic E-state index is 0.160. The van der Waals surface area contributed by atoms with Gasteiger partial charge in [0.25, 0.3) is 0 Å². The first-order valence-electron chi connectivity index (χ1n) is 7.60. The molecular formula is C17H25N3. The summed E-state index contributed by atoms with van der Waals surface area (Å²) >= 11 is 0. The molecule has 0 atom stereocenters.